The molecular weight excluding hydrogens is 252 g/mol. The van der Waals surface area contributed by atoms with Crippen LogP contribution >= 0.6 is 0 Å². The fourth-order valence-electron chi connectivity index (χ4n) is 2.55. The average molecular weight is 264 g/mol. The third-order valence-corrected chi connectivity index (χ3v) is 3.54. The van der Waals surface area contributed by atoms with E-state index < -0.39 is 0 Å². The van der Waals surface area contributed by atoms with Crippen LogP contribution in [0, 0.1) is 0 Å². The van der Waals surface area contributed by atoms with Gasteiger partial charge in [0.2, 0.25) is 0 Å². The van der Waals surface area contributed by atoms with Crippen LogP contribution in [-0.2, 0) is 6.54 Å². The van der Waals surface area contributed by atoms with Gasteiger partial charge in [0.25, 0.3) is 0 Å². The summed E-state index contributed by atoms with van der Waals surface area (Å²) < 4.78 is 0. The molecule has 0 spiro atoms. The summed E-state index contributed by atoms with van der Waals surface area (Å²) in [5, 5.41) is 3.91. The molecule has 0 saturated carbocycles. The van der Waals surface area contributed by atoms with E-state index in [1.54, 1.807) is 4.90 Å². The molecule has 0 aliphatic carbocycles. The van der Waals surface area contributed by atoms with Crippen LogP contribution < -0.4 is 10.2 Å². The number of rotatable bonds is 1. The molecule has 2 aromatic heterocycles. The zero-order valence-corrected chi connectivity index (χ0v) is 10.6. The summed E-state index contributed by atoms with van der Waals surface area (Å²) in [6.45, 7) is 0.527. The number of hydrogen-bond acceptors (Lipinski definition) is 2. The lowest BCUT2D eigenvalue weighted by Gasteiger charge is -2.29. The molecule has 0 radical (unpaired) electrons. The molecule has 5 heteroatoms. The number of carbonyl (C=O) groups is 1. The van der Waals surface area contributed by atoms with Crippen molar-refractivity contribution < 1.29 is 4.79 Å². The highest BCUT2D eigenvalue weighted by Gasteiger charge is 2.25. The van der Waals surface area contributed by atoms with E-state index in [9.17, 15) is 4.79 Å². The first-order valence-electron chi connectivity index (χ1n) is 6.41. The Morgan fingerprint density at radius 1 is 1.15 bits per heavy atom. The molecule has 98 valence electrons. The smallest absolute Gasteiger partial charge is 0.326 e. The van der Waals surface area contributed by atoms with Crippen LogP contribution in [-0.4, -0.2) is 16.0 Å². The Morgan fingerprint density at radius 3 is 2.85 bits per heavy atom. The van der Waals surface area contributed by atoms with Crippen LogP contribution in [0.1, 0.15) is 5.56 Å². The van der Waals surface area contributed by atoms with Crippen LogP contribution in [0.3, 0.4) is 0 Å². The molecule has 0 saturated heterocycles. The maximum atomic E-state index is 12.3. The number of amides is 2. The minimum atomic E-state index is -0.114. The number of aromatic nitrogens is 2. The summed E-state index contributed by atoms with van der Waals surface area (Å²) in [5.74, 6) is 0. The standard InChI is InChI=1S/C15H12N4O/c20-15-18-13-10(8-17-14-12(13)6-7-16-14)9-19(15)11-4-2-1-3-5-11/h1-8H,9H2,(H,16,17)(H,18,20). The molecule has 0 unspecified atom stereocenters. The number of nitrogens with one attached hydrogen (secondary N) is 2. The number of carbonyl (C=O) groups excluding carboxylic acids is 1. The van der Waals surface area contributed by atoms with Crippen molar-refractivity contribution in [2.75, 3.05) is 10.2 Å². The molecule has 1 aliphatic heterocycles. The normalized spacial score (nSPS) is 14.2. The quantitative estimate of drug-likeness (QED) is 0.709. The van der Waals surface area contributed by atoms with Crippen molar-refractivity contribution in [1.82, 2.24) is 9.97 Å². The minimum absolute atomic E-state index is 0.114. The van der Waals surface area contributed by atoms with Gasteiger partial charge in [0.15, 0.2) is 0 Å². The Bertz CT molecular complexity index is 794. The molecule has 1 aliphatic rings. The van der Waals surface area contributed by atoms with Gasteiger partial charge in [-0.25, -0.2) is 9.78 Å². The number of fused-ring (bicyclic) bond motifs is 3. The van der Waals surface area contributed by atoms with Crippen molar-refractivity contribution in [1.29, 1.82) is 0 Å². The van der Waals surface area contributed by atoms with Gasteiger partial charge < -0.3 is 10.3 Å². The van der Waals surface area contributed by atoms with Crippen molar-refractivity contribution in [2.45, 2.75) is 6.54 Å². The highest BCUT2D eigenvalue weighted by molar-refractivity contribution is 6.09. The largest absolute Gasteiger partial charge is 0.346 e. The van der Waals surface area contributed by atoms with Gasteiger partial charge in [-0.15, -0.1) is 0 Å². The van der Waals surface area contributed by atoms with Gasteiger partial charge in [-0.05, 0) is 18.2 Å². The monoisotopic (exact) mass is 264 g/mol. The highest BCUT2D eigenvalue weighted by Crippen LogP contribution is 2.31. The molecule has 2 N–H and O–H groups in total. The summed E-state index contributed by atoms with van der Waals surface area (Å²) in [4.78, 5) is 21.4. The second-order valence-electron chi connectivity index (χ2n) is 4.75. The van der Waals surface area contributed by atoms with Crippen molar-refractivity contribution in [2.24, 2.45) is 0 Å². The lowest BCUT2D eigenvalue weighted by Crippen LogP contribution is -2.38. The molecule has 1 aromatic carbocycles. The third kappa shape index (κ3) is 1.56. The lowest BCUT2D eigenvalue weighted by molar-refractivity contribution is 0.256. The molecule has 0 fully saturated rings. The number of para-hydroxylation sites is 1. The van der Waals surface area contributed by atoms with Gasteiger partial charge in [-0.1, -0.05) is 18.2 Å². The third-order valence-electron chi connectivity index (χ3n) is 3.54. The number of urea groups is 1. The number of benzene rings is 1. The molecule has 3 aromatic rings. The minimum Gasteiger partial charge on any atom is -0.346 e. The predicted octanol–water partition coefficient (Wildman–Crippen LogP) is 3.12. The van der Waals surface area contributed by atoms with Crippen molar-refractivity contribution in [3.63, 3.8) is 0 Å². The zero-order valence-electron chi connectivity index (χ0n) is 10.6. The second kappa shape index (κ2) is 4.09. The fourth-order valence-corrected chi connectivity index (χ4v) is 2.55. The van der Waals surface area contributed by atoms with Crippen molar-refractivity contribution >= 4 is 28.4 Å². The topological polar surface area (TPSA) is 61.0 Å². The van der Waals surface area contributed by atoms with E-state index in [-0.39, 0.29) is 6.03 Å². The Labute approximate surface area is 115 Å². The van der Waals surface area contributed by atoms with Crippen LogP contribution in [0.4, 0.5) is 16.2 Å². The van der Waals surface area contributed by atoms with E-state index in [1.807, 2.05) is 48.8 Å². The molecule has 2 amide bonds. The first-order chi connectivity index (χ1) is 9.83. The Morgan fingerprint density at radius 2 is 2.00 bits per heavy atom. The number of anilines is 2. The van der Waals surface area contributed by atoms with E-state index >= 15 is 0 Å². The number of pyridine rings is 1. The molecule has 3 heterocycles. The maximum Gasteiger partial charge on any atom is 0.326 e. The van der Waals surface area contributed by atoms with Gasteiger partial charge in [0.1, 0.15) is 5.65 Å². The summed E-state index contributed by atoms with van der Waals surface area (Å²) in [7, 11) is 0. The Kier molecular flexibility index (Phi) is 2.26. The van der Waals surface area contributed by atoms with E-state index in [0.717, 1.165) is 28.0 Å². The number of H-pyrrole nitrogens is 1. The molecule has 20 heavy (non-hydrogen) atoms. The van der Waals surface area contributed by atoms with E-state index in [2.05, 4.69) is 15.3 Å². The molecule has 4 rings (SSSR count). The van der Waals surface area contributed by atoms with E-state index in [0.29, 0.717) is 6.54 Å². The van der Waals surface area contributed by atoms with Crippen LogP contribution in [0.5, 0.6) is 0 Å². The van der Waals surface area contributed by atoms with Crippen molar-refractivity contribution in [3.8, 4) is 0 Å². The maximum absolute atomic E-state index is 12.3. The van der Waals surface area contributed by atoms with Gasteiger partial charge in [-0.2, -0.15) is 0 Å². The molecule has 0 bridgehead atoms. The van der Waals surface area contributed by atoms with Crippen LogP contribution in [0.15, 0.2) is 48.8 Å². The fraction of sp³-hybridized carbons (Fsp3) is 0.0667. The van der Waals surface area contributed by atoms with Gasteiger partial charge >= 0.3 is 6.03 Å². The number of aromatic amines is 1. The van der Waals surface area contributed by atoms with E-state index in [1.165, 1.54) is 0 Å². The molecule has 0 atom stereocenters. The summed E-state index contributed by atoms with van der Waals surface area (Å²) >= 11 is 0. The van der Waals surface area contributed by atoms with Gasteiger partial charge in [0, 0.05) is 29.0 Å². The zero-order chi connectivity index (χ0) is 13.5. The average Bonchev–Trinajstić information content (AvgIpc) is 2.96. The Balaban J connectivity index is 1.81. The van der Waals surface area contributed by atoms with Crippen molar-refractivity contribution in [3.05, 3.63) is 54.4 Å². The molecule has 5 nitrogen and oxygen atoms in total. The lowest BCUT2D eigenvalue weighted by atomic mass is 10.1. The van der Waals surface area contributed by atoms with Gasteiger partial charge in [0.05, 0.1) is 12.2 Å². The first-order valence-corrected chi connectivity index (χ1v) is 6.41. The first kappa shape index (κ1) is 11.0. The summed E-state index contributed by atoms with van der Waals surface area (Å²) in [6, 6.07) is 11.4. The van der Waals surface area contributed by atoms with E-state index in [4.69, 9.17) is 0 Å². The van der Waals surface area contributed by atoms with Crippen LogP contribution in [0.25, 0.3) is 11.0 Å². The van der Waals surface area contributed by atoms with Gasteiger partial charge in [-0.3, -0.25) is 4.90 Å². The predicted molar refractivity (Wildman–Crippen MR) is 77.7 cm³/mol. The van der Waals surface area contributed by atoms with Crippen LogP contribution in [0.2, 0.25) is 0 Å². The molecular formula is C15H12N4O. The second-order valence-corrected chi connectivity index (χ2v) is 4.75. The summed E-state index contributed by atoms with van der Waals surface area (Å²) in [5.41, 5.74) is 3.54. The number of hydrogen-bond donors (Lipinski definition) is 2. The highest BCUT2D eigenvalue weighted by atomic mass is 16.2. The SMILES string of the molecule is O=C1Nc2c(cnc3[nH]ccc23)CN1c1ccccc1. The Hall–Kier alpha value is -2.82. The summed E-state index contributed by atoms with van der Waals surface area (Å²) in [6.07, 6.45) is 3.64. The number of nitrogens with zero attached hydrogens (tertiary/aromatic N) is 2.